The highest BCUT2D eigenvalue weighted by Gasteiger charge is 2.46. The minimum Gasteiger partial charge on any atom is -0.340 e. The summed E-state index contributed by atoms with van der Waals surface area (Å²) >= 11 is 1.54. The zero-order valence-electron chi connectivity index (χ0n) is 13.1. The van der Waals surface area contributed by atoms with Crippen molar-refractivity contribution in [1.29, 1.82) is 0 Å². The summed E-state index contributed by atoms with van der Waals surface area (Å²) < 4.78 is 0. The summed E-state index contributed by atoms with van der Waals surface area (Å²) in [6.45, 7) is 8.10. The first-order valence-corrected chi connectivity index (χ1v) is 8.33. The number of aromatic nitrogens is 1. The quantitative estimate of drug-likeness (QED) is 0.907. The molecular weight excluding hydrogens is 286 g/mol. The van der Waals surface area contributed by atoms with E-state index in [1.54, 1.807) is 11.8 Å². The molecular formula is C15H23N3O2S. The molecule has 0 radical (unpaired) electrons. The van der Waals surface area contributed by atoms with Gasteiger partial charge in [0.15, 0.2) is 0 Å². The van der Waals surface area contributed by atoms with Crippen LogP contribution in [0.1, 0.15) is 50.7 Å². The fourth-order valence-electron chi connectivity index (χ4n) is 2.61. The Balaban J connectivity index is 2.29. The predicted molar refractivity (Wildman–Crippen MR) is 82.9 cm³/mol. The van der Waals surface area contributed by atoms with E-state index in [9.17, 15) is 9.59 Å². The third kappa shape index (κ3) is 3.10. The van der Waals surface area contributed by atoms with Crippen molar-refractivity contribution in [1.82, 2.24) is 15.2 Å². The maximum absolute atomic E-state index is 12.8. The number of rotatable bonds is 5. The van der Waals surface area contributed by atoms with Gasteiger partial charge in [-0.2, -0.15) is 0 Å². The Morgan fingerprint density at radius 2 is 2.14 bits per heavy atom. The van der Waals surface area contributed by atoms with E-state index in [0.717, 1.165) is 17.1 Å². The van der Waals surface area contributed by atoms with E-state index in [2.05, 4.69) is 10.3 Å². The molecule has 0 saturated carbocycles. The lowest BCUT2D eigenvalue weighted by Gasteiger charge is -2.43. The fraction of sp³-hybridized carbons (Fsp3) is 0.667. The number of aryl methyl sites for hydroxylation is 1. The second-order valence-electron chi connectivity index (χ2n) is 5.80. The summed E-state index contributed by atoms with van der Waals surface area (Å²) in [5.41, 5.74) is 0.155. The molecule has 2 heterocycles. The molecule has 0 spiro atoms. The summed E-state index contributed by atoms with van der Waals surface area (Å²) in [6, 6.07) is -0.383. The molecule has 0 aliphatic carbocycles. The molecule has 1 N–H and O–H groups in total. The maximum Gasteiger partial charge on any atom is 0.249 e. The minimum absolute atomic E-state index is 0.00379. The molecule has 2 rings (SSSR count). The molecule has 21 heavy (non-hydrogen) atoms. The highest BCUT2D eigenvalue weighted by molar-refractivity contribution is 7.09. The fourth-order valence-corrected chi connectivity index (χ4v) is 3.38. The molecule has 1 aromatic rings. The lowest BCUT2D eigenvalue weighted by atomic mass is 9.90. The Bertz CT molecular complexity index is 543. The third-order valence-corrected chi connectivity index (χ3v) is 5.00. The van der Waals surface area contributed by atoms with Crippen LogP contribution >= 0.6 is 11.3 Å². The van der Waals surface area contributed by atoms with Gasteiger partial charge in [-0.25, -0.2) is 4.98 Å². The number of carbonyl (C=O) groups excluding carboxylic acids is 2. The van der Waals surface area contributed by atoms with Crippen LogP contribution in [-0.4, -0.2) is 33.3 Å². The minimum atomic E-state index is -0.798. The predicted octanol–water partition coefficient (Wildman–Crippen LogP) is 2.25. The maximum atomic E-state index is 12.8. The van der Waals surface area contributed by atoms with Crippen LogP contribution in [0, 0.1) is 6.92 Å². The number of amides is 2. The molecule has 5 nitrogen and oxygen atoms in total. The largest absolute Gasteiger partial charge is 0.340 e. The first-order chi connectivity index (χ1) is 9.91. The summed E-state index contributed by atoms with van der Waals surface area (Å²) in [4.78, 5) is 31.3. The van der Waals surface area contributed by atoms with Crippen LogP contribution in [0.15, 0.2) is 5.38 Å². The SMILES string of the molecule is CCCC1C(=O)NC(C)(CC)C(=O)N1Cc1nc(C)cs1. The van der Waals surface area contributed by atoms with E-state index >= 15 is 0 Å². The molecule has 1 aromatic heterocycles. The molecule has 0 aromatic carbocycles. The van der Waals surface area contributed by atoms with Gasteiger partial charge >= 0.3 is 0 Å². The van der Waals surface area contributed by atoms with Crippen LogP contribution < -0.4 is 5.32 Å². The Morgan fingerprint density at radius 1 is 1.43 bits per heavy atom. The summed E-state index contributed by atoms with van der Waals surface area (Å²) in [6.07, 6.45) is 2.13. The smallest absolute Gasteiger partial charge is 0.249 e. The van der Waals surface area contributed by atoms with Crippen molar-refractivity contribution in [3.8, 4) is 0 Å². The van der Waals surface area contributed by atoms with Gasteiger partial charge in [0.2, 0.25) is 11.8 Å². The van der Waals surface area contributed by atoms with E-state index < -0.39 is 5.54 Å². The van der Waals surface area contributed by atoms with Crippen molar-refractivity contribution in [3.63, 3.8) is 0 Å². The number of carbonyl (C=O) groups is 2. The van der Waals surface area contributed by atoms with Crippen molar-refractivity contribution in [2.45, 2.75) is 65.1 Å². The zero-order valence-corrected chi connectivity index (χ0v) is 13.9. The molecule has 0 bridgehead atoms. The number of nitrogens with zero attached hydrogens (tertiary/aromatic N) is 2. The summed E-state index contributed by atoms with van der Waals surface area (Å²) in [7, 11) is 0. The van der Waals surface area contributed by atoms with E-state index in [4.69, 9.17) is 0 Å². The van der Waals surface area contributed by atoms with Gasteiger partial charge in [-0.1, -0.05) is 20.3 Å². The number of piperazine rings is 1. The molecule has 1 aliphatic heterocycles. The lowest BCUT2D eigenvalue weighted by Crippen LogP contribution is -2.68. The summed E-state index contributed by atoms with van der Waals surface area (Å²) in [5, 5.41) is 5.76. The second-order valence-corrected chi connectivity index (χ2v) is 6.74. The van der Waals surface area contributed by atoms with Gasteiger partial charge in [0.05, 0.1) is 6.54 Å². The Morgan fingerprint density at radius 3 is 2.67 bits per heavy atom. The monoisotopic (exact) mass is 309 g/mol. The Hall–Kier alpha value is -1.43. The standard InChI is InChI=1S/C15H23N3O2S/c1-5-7-11-13(19)17-15(4,6-2)14(20)18(11)8-12-16-10(3)9-21-12/h9,11H,5-8H2,1-4H3,(H,17,19). The van der Waals surface area contributed by atoms with Gasteiger partial charge in [0.25, 0.3) is 0 Å². The molecule has 6 heteroatoms. The molecule has 1 aliphatic rings. The van der Waals surface area contributed by atoms with Crippen LogP contribution in [0.5, 0.6) is 0 Å². The van der Waals surface area contributed by atoms with Crippen LogP contribution in [0.2, 0.25) is 0 Å². The zero-order chi connectivity index (χ0) is 15.6. The Kier molecular flexibility index (Phi) is 4.66. The lowest BCUT2D eigenvalue weighted by molar-refractivity contribution is -0.155. The molecule has 1 fully saturated rings. The van der Waals surface area contributed by atoms with E-state index in [1.165, 1.54) is 11.3 Å². The average molecular weight is 309 g/mol. The van der Waals surface area contributed by atoms with Gasteiger partial charge in [-0.15, -0.1) is 11.3 Å². The van der Waals surface area contributed by atoms with E-state index in [-0.39, 0.29) is 17.9 Å². The van der Waals surface area contributed by atoms with Crippen LogP contribution in [-0.2, 0) is 16.1 Å². The highest BCUT2D eigenvalue weighted by atomic mass is 32.1. The topological polar surface area (TPSA) is 62.3 Å². The molecule has 2 amide bonds. The van der Waals surface area contributed by atoms with Crippen molar-refractivity contribution in [3.05, 3.63) is 16.1 Å². The van der Waals surface area contributed by atoms with Crippen molar-refractivity contribution >= 4 is 23.2 Å². The van der Waals surface area contributed by atoms with Crippen LogP contribution in [0.4, 0.5) is 0 Å². The van der Waals surface area contributed by atoms with Gasteiger partial charge < -0.3 is 10.2 Å². The number of thiazole rings is 1. The van der Waals surface area contributed by atoms with Gasteiger partial charge in [-0.3, -0.25) is 9.59 Å². The van der Waals surface area contributed by atoms with Crippen molar-refractivity contribution in [2.24, 2.45) is 0 Å². The first-order valence-electron chi connectivity index (χ1n) is 7.45. The van der Waals surface area contributed by atoms with Gasteiger partial charge in [0.1, 0.15) is 16.6 Å². The Labute approximate surface area is 129 Å². The van der Waals surface area contributed by atoms with E-state index in [1.807, 2.05) is 26.2 Å². The van der Waals surface area contributed by atoms with Crippen LogP contribution in [0.3, 0.4) is 0 Å². The van der Waals surface area contributed by atoms with Crippen LogP contribution in [0.25, 0.3) is 0 Å². The molecule has 1 saturated heterocycles. The molecule has 2 atom stereocenters. The van der Waals surface area contributed by atoms with Gasteiger partial charge in [-0.05, 0) is 26.7 Å². The third-order valence-electron chi connectivity index (χ3n) is 4.05. The normalized spacial score (nSPS) is 26.1. The number of hydrogen-bond acceptors (Lipinski definition) is 4. The first kappa shape index (κ1) is 15.9. The highest BCUT2D eigenvalue weighted by Crippen LogP contribution is 2.26. The second kappa shape index (κ2) is 6.13. The van der Waals surface area contributed by atoms with Crippen molar-refractivity contribution < 1.29 is 9.59 Å². The number of hydrogen-bond donors (Lipinski definition) is 1. The molecule has 116 valence electrons. The summed E-state index contributed by atoms with van der Waals surface area (Å²) in [5.74, 6) is -0.0509. The molecule has 2 unspecified atom stereocenters. The number of nitrogens with one attached hydrogen (secondary N) is 1. The van der Waals surface area contributed by atoms with Crippen molar-refractivity contribution in [2.75, 3.05) is 0 Å². The van der Waals surface area contributed by atoms with Gasteiger partial charge in [0, 0.05) is 11.1 Å². The average Bonchev–Trinajstić information content (AvgIpc) is 2.85. The van der Waals surface area contributed by atoms with E-state index in [0.29, 0.717) is 19.4 Å².